The third-order valence-corrected chi connectivity index (χ3v) is 2.22. The van der Waals surface area contributed by atoms with Crippen LogP contribution in [0.2, 0.25) is 0 Å². The fourth-order valence-electron chi connectivity index (χ4n) is 1.64. The molecule has 0 radical (unpaired) electrons. The number of amides is 1. The summed E-state index contributed by atoms with van der Waals surface area (Å²) < 4.78 is 0. The summed E-state index contributed by atoms with van der Waals surface area (Å²) in [5, 5.41) is 1.38. The van der Waals surface area contributed by atoms with Crippen LogP contribution in [0.3, 0.4) is 0 Å². The average Bonchev–Trinajstić information content (AvgIpc) is 2.55. The average molecular weight is 157 g/mol. The number of hydrogen-bond donors (Lipinski definition) is 0. The van der Waals surface area contributed by atoms with Gasteiger partial charge in [-0.15, -0.1) is 4.99 Å². The Bertz CT molecular complexity index is 165. The summed E-state index contributed by atoms with van der Waals surface area (Å²) in [6.45, 7) is 0.0799. The number of carbonyl (C=O) groups excluding carboxylic acids is 1. The van der Waals surface area contributed by atoms with E-state index in [4.69, 9.17) is 4.99 Å². The second-order valence-electron chi connectivity index (χ2n) is 2.99. The first kappa shape index (κ1) is 7.06. The van der Waals surface area contributed by atoms with Crippen molar-refractivity contribution in [2.75, 3.05) is 6.61 Å². The van der Waals surface area contributed by atoms with E-state index in [9.17, 15) is 4.79 Å². The van der Waals surface area contributed by atoms with Crippen LogP contribution in [0.5, 0.6) is 0 Å². The lowest BCUT2D eigenvalue weighted by molar-refractivity contribution is -0.375. The highest BCUT2D eigenvalue weighted by molar-refractivity contribution is 5.77. The van der Waals surface area contributed by atoms with Crippen molar-refractivity contribution >= 4 is 5.91 Å². The smallest absolute Gasteiger partial charge is 0.270 e. The van der Waals surface area contributed by atoms with Gasteiger partial charge in [0.15, 0.2) is 6.61 Å². The van der Waals surface area contributed by atoms with Gasteiger partial charge in [0.2, 0.25) is 0 Å². The molecule has 1 saturated heterocycles. The molecule has 0 aromatic carbocycles. The fraction of sp³-hybridized carbons (Fsp3) is 0.857. The first-order chi connectivity index (χ1) is 5.38. The maximum Gasteiger partial charge on any atom is 0.278 e. The van der Waals surface area contributed by atoms with Gasteiger partial charge in [0.25, 0.3) is 5.91 Å². The molecule has 1 aliphatic carbocycles. The number of carbonyl (C=O) groups is 1. The molecule has 0 N–H and O–H groups in total. The lowest BCUT2D eigenvalue weighted by Gasteiger charge is -2.17. The van der Waals surface area contributed by atoms with E-state index in [-0.39, 0.29) is 18.6 Å². The number of hydrogen-bond acceptors (Lipinski definition) is 3. The fourth-order valence-corrected chi connectivity index (χ4v) is 1.64. The molecule has 0 aromatic heterocycles. The molecule has 4 nitrogen and oxygen atoms in total. The minimum atomic E-state index is -0.0445. The van der Waals surface area contributed by atoms with Gasteiger partial charge < -0.3 is 0 Å². The Labute approximate surface area is 64.9 Å². The van der Waals surface area contributed by atoms with Crippen LogP contribution in [0.4, 0.5) is 0 Å². The SMILES string of the molecule is O=C1COON1C1CCCC1. The predicted molar refractivity (Wildman–Crippen MR) is 36.1 cm³/mol. The van der Waals surface area contributed by atoms with Gasteiger partial charge in [0.1, 0.15) is 0 Å². The van der Waals surface area contributed by atoms with Crippen LogP contribution in [0.1, 0.15) is 25.7 Å². The first-order valence-corrected chi connectivity index (χ1v) is 3.99. The molecule has 1 heterocycles. The second kappa shape index (κ2) is 2.79. The minimum absolute atomic E-state index is 0.0445. The molecular weight excluding hydrogens is 146 g/mol. The molecule has 0 bridgehead atoms. The maximum atomic E-state index is 11.0. The van der Waals surface area contributed by atoms with Crippen LogP contribution in [-0.2, 0) is 14.7 Å². The molecule has 62 valence electrons. The molecule has 11 heavy (non-hydrogen) atoms. The molecule has 2 rings (SSSR count). The van der Waals surface area contributed by atoms with Gasteiger partial charge >= 0.3 is 0 Å². The van der Waals surface area contributed by atoms with Gasteiger partial charge in [-0.2, -0.15) is 5.06 Å². The van der Waals surface area contributed by atoms with Crippen LogP contribution < -0.4 is 0 Å². The van der Waals surface area contributed by atoms with Crippen LogP contribution in [0.15, 0.2) is 0 Å². The van der Waals surface area contributed by atoms with Crippen LogP contribution in [-0.4, -0.2) is 23.6 Å². The van der Waals surface area contributed by atoms with Gasteiger partial charge in [-0.3, -0.25) is 4.79 Å². The molecule has 1 amide bonds. The monoisotopic (exact) mass is 157 g/mol. The molecular formula is C7H11NO3. The Hall–Kier alpha value is -0.610. The van der Waals surface area contributed by atoms with Crippen molar-refractivity contribution in [3.63, 3.8) is 0 Å². The molecule has 2 aliphatic rings. The lowest BCUT2D eigenvalue weighted by atomic mass is 10.2. The zero-order chi connectivity index (χ0) is 7.68. The Morgan fingerprint density at radius 1 is 1.36 bits per heavy atom. The molecule has 0 atom stereocenters. The Kier molecular flexibility index (Phi) is 1.79. The van der Waals surface area contributed by atoms with Crippen molar-refractivity contribution < 1.29 is 14.7 Å². The van der Waals surface area contributed by atoms with Crippen LogP contribution in [0, 0.1) is 0 Å². The topological polar surface area (TPSA) is 38.8 Å². The van der Waals surface area contributed by atoms with E-state index >= 15 is 0 Å². The summed E-state index contributed by atoms with van der Waals surface area (Å²) >= 11 is 0. The lowest BCUT2D eigenvalue weighted by Crippen LogP contribution is -2.33. The van der Waals surface area contributed by atoms with E-state index in [2.05, 4.69) is 4.89 Å². The van der Waals surface area contributed by atoms with Crippen molar-refractivity contribution in [2.45, 2.75) is 31.7 Å². The summed E-state index contributed by atoms with van der Waals surface area (Å²) in [6.07, 6.45) is 4.49. The van der Waals surface area contributed by atoms with E-state index < -0.39 is 0 Å². The van der Waals surface area contributed by atoms with E-state index in [1.807, 2.05) is 0 Å². The minimum Gasteiger partial charge on any atom is -0.270 e. The van der Waals surface area contributed by atoms with Crippen molar-refractivity contribution in [1.82, 2.24) is 5.06 Å². The first-order valence-electron chi connectivity index (χ1n) is 3.99. The molecule has 0 spiro atoms. The van der Waals surface area contributed by atoms with E-state index in [1.165, 1.54) is 17.9 Å². The summed E-state index contributed by atoms with van der Waals surface area (Å²) in [7, 11) is 0. The normalized spacial score (nSPS) is 26.9. The number of hydroxylamine groups is 2. The highest BCUT2D eigenvalue weighted by Gasteiger charge is 2.32. The summed E-state index contributed by atoms with van der Waals surface area (Å²) in [4.78, 5) is 20.3. The number of rotatable bonds is 1. The second-order valence-corrected chi connectivity index (χ2v) is 2.99. The van der Waals surface area contributed by atoms with Crippen molar-refractivity contribution in [2.24, 2.45) is 0 Å². The van der Waals surface area contributed by atoms with Crippen LogP contribution in [0.25, 0.3) is 0 Å². The van der Waals surface area contributed by atoms with E-state index in [0.717, 1.165) is 12.8 Å². The molecule has 1 aliphatic heterocycles. The Morgan fingerprint density at radius 3 is 2.64 bits per heavy atom. The zero-order valence-corrected chi connectivity index (χ0v) is 6.28. The van der Waals surface area contributed by atoms with Crippen LogP contribution >= 0.6 is 0 Å². The van der Waals surface area contributed by atoms with E-state index in [1.54, 1.807) is 0 Å². The van der Waals surface area contributed by atoms with Gasteiger partial charge in [-0.25, -0.2) is 4.89 Å². The van der Waals surface area contributed by atoms with Gasteiger partial charge in [-0.1, -0.05) is 12.8 Å². The maximum absolute atomic E-state index is 11.0. The highest BCUT2D eigenvalue weighted by Crippen LogP contribution is 2.25. The Balaban J connectivity index is 1.97. The van der Waals surface area contributed by atoms with Crippen molar-refractivity contribution in [1.29, 1.82) is 0 Å². The molecule has 2 fully saturated rings. The summed E-state index contributed by atoms with van der Waals surface area (Å²) in [6, 6.07) is 0.269. The Morgan fingerprint density at radius 2 is 2.09 bits per heavy atom. The standard InChI is InChI=1S/C7H11NO3/c9-7-5-10-11-8(7)6-3-1-2-4-6/h6H,1-5H2. The van der Waals surface area contributed by atoms with Crippen molar-refractivity contribution in [3.05, 3.63) is 0 Å². The molecule has 0 aromatic rings. The highest BCUT2D eigenvalue weighted by atomic mass is 17.3. The third kappa shape index (κ3) is 1.23. The molecule has 4 heteroatoms. The van der Waals surface area contributed by atoms with Gasteiger partial charge in [0, 0.05) is 0 Å². The number of nitrogens with zero attached hydrogens (tertiary/aromatic N) is 1. The summed E-state index contributed by atoms with van der Waals surface area (Å²) in [5.41, 5.74) is 0. The predicted octanol–water partition coefficient (Wildman–Crippen LogP) is 0.634. The molecule has 1 saturated carbocycles. The zero-order valence-electron chi connectivity index (χ0n) is 6.28. The quantitative estimate of drug-likeness (QED) is 0.524. The summed E-state index contributed by atoms with van der Waals surface area (Å²) in [5.74, 6) is -0.0445. The largest absolute Gasteiger partial charge is 0.278 e. The van der Waals surface area contributed by atoms with Gasteiger partial charge in [0.05, 0.1) is 6.04 Å². The van der Waals surface area contributed by atoms with Gasteiger partial charge in [-0.05, 0) is 12.8 Å². The third-order valence-electron chi connectivity index (χ3n) is 2.22. The van der Waals surface area contributed by atoms with E-state index in [0.29, 0.717) is 0 Å². The van der Waals surface area contributed by atoms with Crippen molar-refractivity contribution in [3.8, 4) is 0 Å². The molecule has 0 unspecified atom stereocenters.